The number of aromatic nitrogens is 2. The zero-order valence-corrected chi connectivity index (χ0v) is 12.1. The van der Waals surface area contributed by atoms with Gasteiger partial charge in [0.15, 0.2) is 0 Å². The van der Waals surface area contributed by atoms with E-state index in [0.717, 1.165) is 4.57 Å². The van der Waals surface area contributed by atoms with Crippen LogP contribution in [0.3, 0.4) is 0 Å². The van der Waals surface area contributed by atoms with Crippen molar-refractivity contribution in [3.05, 3.63) is 42.0 Å². The Bertz CT molecular complexity index is 563. The fourth-order valence-corrected chi connectivity index (χ4v) is 2.24. The first-order chi connectivity index (χ1) is 8.97. The molecule has 0 atom stereocenters. The van der Waals surface area contributed by atoms with Crippen LogP contribution in [0.4, 0.5) is 13.2 Å². The highest BCUT2D eigenvalue weighted by molar-refractivity contribution is 14.1. The van der Waals surface area contributed by atoms with Crippen LogP contribution in [-0.4, -0.2) is 16.7 Å². The summed E-state index contributed by atoms with van der Waals surface area (Å²) in [6.07, 6.45) is -3.23. The minimum absolute atomic E-state index is 0.414. The molecule has 0 N–H and O–H groups in total. The molecule has 2 rings (SSSR count). The van der Waals surface area contributed by atoms with Crippen LogP contribution in [0.1, 0.15) is 11.5 Å². The lowest BCUT2D eigenvalue weighted by atomic mass is 10.3. The second-order valence-electron chi connectivity index (χ2n) is 3.74. The summed E-state index contributed by atoms with van der Waals surface area (Å²) in [7, 11) is 1.50. The van der Waals surface area contributed by atoms with Gasteiger partial charge in [-0.05, 0) is 24.3 Å². The van der Waals surface area contributed by atoms with Crippen LogP contribution >= 0.6 is 22.6 Å². The maximum Gasteiger partial charge on any atom is 0.450 e. The van der Waals surface area contributed by atoms with E-state index in [9.17, 15) is 13.2 Å². The van der Waals surface area contributed by atoms with Gasteiger partial charge in [0.1, 0.15) is 5.75 Å². The number of halogens is 4. The molecule has 102 valence electrons. The van der Waals surface area contributed by atoms with Crippen LogP contribution in [0, 0.1) is 0 Å². The van der Waals surface area contributed by atoms with Gasteiger partial charge < -0.3 is 4.74 Å². The Balaban J connectivity index is 2.55. The third-order valence-electron chi connectivity index (χ3n) is 2.56. The van der Waals surface area contributed by atoms with Crippen molar-refractivity contribution in [3.63, 3.8) is 0 Å². The standard InChI is InChI=1S/C12H10F3IN2O/c1-19-10-4-2-8(3-5-10)18-9(6-16)7-17-11(18)12(13,14)15/h2-5,7H,6H2,1H3. The fraction of sp³-hybridized carbons (Fsp3) is 0.250. The predicted molar refractivity (Wildman–Crippen MR) is 72.8 cm³/mol. The van der Waals surface area contributed by atoms with Gasteiger partial charge in [-0.2, -0.15) is 13.2 Å². The summed E-state index contributed by atoms with van der Waals surface area (Å²) in [4.78, 5) is 3.48. The number of nitrogens with zero attached hydrogens (tertiary/aromatic N) is 2. The topological polar surface area (TPSA) is 27.1 Å². The van der Waals surface area contributed by atoms with Gasteiger partial charge in [0.05, 0.1) is 12.8 Å². The molecule has 0 spiro atoms. The summed E-state index contributed by atoms with van der Waals surface area (Å²) in [6.45, 7) is 0. The molecule has 0 fully saturated rings. The van der Waals surface area contributed by atoms with E-state index in [2.05, 4.69) is 4.98 Å². The molecule has 19 heavy (non-hydrogen) atoms. The van der Waals surface area contributed by atoms with E-state index in [4.69, 9.17) is 4.74 Å². The second kappa shape index (κ2) is 5.40. The average Bonchev–Trinajstić information content (AvgIpc) is 2.82. The molecular weight excluding hydrogens is 372 g/mol. The van der Waals surface area contributed by atoms with E-state index >= 15 is 0 Å². The fourth-order valence-electron chi connectivity index (χ4n) is 1.70. The van der Waals surface area contributed by atoms with Gasteiger partial charge in [0.2, 0.25) is 5.82 Å². The van der Waals surface area contributed by atoms with Crippen molar-refractivity contribution in [1.82, 2.24) is 9.55 Å². The number of hydrogen-bond donors (Lipinski definition) is 0. The lowest BCUT2D eigenvalue weighted by Crippen LogP contribution is -2.15. The van der Waals surface area contributed by atoms with E-state index in [1.54, 1.807) is 24.3 Å². The molecule has 1 aromatic heterocycles. The highest BCUT2D eigenvalue weighted by Crippen LogP contribution is 2.32. The molecule has 1 heterocycles. The molecule has 0 amide bonds. The Morgan fingerprint density at radius 2 is 1.89 bits per heavy atom. The highest BCUT2D eigenvalue weighted by Gasteiger charge is 2.37. The van der Waals surface area contributed by atoms with Crippen LogP contribution in [-0.2, 0) is 10.6 Å². The zero-order chi connectivity index (χ0) is 14.0. The largest absolute Gasteiger partial charge is 0.497 e. The third kappa shape index (κ3) is 2.85. The minimum Gasteiger partial charge on any atom is -0.497 e. The third-order valence-corrected chi connectivity index (χ3v) is 3.34. The van der Waals surface area contributed by atoms with E-state index in [1.807, 2.05) is 22.6 Å². The number of rotatable bonds is 3. The molecule has 0 aliphatic heterocycles. The van der Waals surface area contributed by atoms with E-state index in [1.165, 1.54) is 13.3 Å². The number of methoxy groups -OCH3 is 1. The number of benzene rings is 1. The monoisotopic (exact) mass is 382 g/mol. The summed E-state index contributed by atoms with van der Waals surface area (Å²) < 4.78 is 45.3. The first-order valence-corrected chi connectivity index (χ1v) is 6.84. The number of imidazole rings is 1. The van der Waals surface area contributed by atoms with Crippen molar-refractivity contribution in [3.8, 4) is 11.4 Å². The molecule has 0 saturated heterocycles. The van der Waals surface area contributed by atoms with E-state index in [-0.39, 0.29) is 0 Å². The van der Waals surface area contributed by atoms with Crippen molar-refractivity contribution >= 4 is 22.6 Å². The molecule has 7 heteroatoms. The highest BCUT2D eigenvalue weighted by atomic mass is 127. The van der Waals surface area contributed by atoms with Gasteiger partial charge in [-0.15, -0.1) is 0 Å². The second-order valence-corrected chi connectivity index (χ2v) is 4.50. The van der Waals surface area contributed by atoms with Crippen molar-refractivity contribution in [2.45, 2.75) is 10.6 Å². The van der Waals surface area contributed by atoms with Crippen LogP contribution in [0.5, 0.6) is 5.75 Å². The number of hydrogen-bond acceptors (Lipinski definition) is 2. The quantitative estimate of drug-likeness (QED) is 0.596. The summed E-state index contributed by atoms with van der Waals surface area (Å²) in [6, 6.07) is 6.38. The molecule has 0 radical (unpaired) electrons. The summed E-state index contributed by atoms with van der Waals surface area (Å²) in [5.74, 6) is -0.321. The molecule has 2 aromatic rings. The van der Waals surface area contributed by atoms with E-state index in [0.29, 0.717) is 21.6 Å². The van der Waals surface area contributed by atoms with Gasteiger partial charge in [0, 0.05) is 16.3 Å². The Morgan fingerprint density at radius 3 is 2.37 bits per heavy atom. The first kappa shape index (κ1) is 14.2. The Labute approximate surface area is 121 Å². The molecule has 0 saturated carbocycles. The molecule has 1 aromatic carbocycles. The van der Waals surface area contributed by atoms with Crippen LogP contribution in [0.25, 0.3) is 5.69 Å². The summed E-state index contributed by atoms with van der Waals surface area (Å²) >= 11 is 2.01. The van der Waals surface area contributed by atoms with Gasteiger partial charge in [-0.25, -0.2) is 4.98 Å². The molecular formula is C12H10F3IN2O. The van der Waals surface area contributed by atoms with Crippen LogP contribution in [0.2, 0.25) is 0 Å². The van der Waals surface area contributed by atoms with Crippen molar-refractivity contribution < 1.29 is 17.9 Å². The summed E-state index contributed by atoms with van der Waals surface area (Å²) in [5, 5.41) is 0. The molecule has 0 aliphatic rings. The minimum atomic E-state index is -4.48. The van der Waals surface area contributed by atoms with E-state index < -0.39 is 12.0 Å². The van der Waals surface area contributed by atoms with Crippen molar-refractivity contribution in [2.24, 2.45) is 0 Å². The molecule has 3 nitrogen and oxygen atoms in total. The van der Waals surface area contributed by atoms with Crippen LogP contribution < -0.4 is 4.74 Å². The number of alkyl halides is 4. The Hall–Kier alpha value is -1.25. The van der Waals surface area contributed by atoms with Gasteiger partial charge in [-0.3, -0.25) is 4.57 Å². The summed E-state index contributed by atoms with van der Waals surface area (Å²) in [5.41, 5.74) is 0.912. The lowest BCUT2D eigenvalue weighted by Gasteiger charge is -2.13. The average molecular weight is 382 g/mol. The zero-order valence-electron chi connectivity index (χ0n) is 9.91. The van der Waals surface area contributed by atoms with Gasteiger partial charge in [-0.1, -0.05) is 22.6 Å². The smallest absolute Gasteiger partial charge is 0.450 e. The molecule has 0 bridgehead atoms. The first-order valence-electron chi connectivity index (χ1n) is 5.31. The molecule has 0 aliphatic carbocycles. The lowest BCUT2D eigenvalue weighted by molar-refractivity contribution is -0.146. The predicted octanol–water partition coefficient (Wildman–Crippen LogP) is 3.83. The van der Waals surface area contributed by atoms with Gasteiger partial charge >= 0.3 is 6.18 Å². The number of ether oxygens (including phenoxy) is 1. The SMILES string of the molecule is COc1ccc(-n2c(CI)cnc2C(F)(F)F)cc1. The van der Waals surface area contributed by atoms with Crippen molar-refractivity contribution in [2.75, 3.05) is 7.11 Å². The maximum atomic E-state index is 12.9. The molecule has 0 unspecified atom stereocenters. The maximum absolute atomic E-state index is 12.9. The van der Waals surface area contributed by atoms with Gasteiger partial charge in [0.25, 0.3) is 0 Å². The van der Waals surface area contributed by atoms with Crippen LogP contribution in [0.15, 0.2) is 30.5 Å². The Kier molecular flexibility index (Phi) is 4.02. The Morgan fingerprint density at radius 1 is 1.26 bits per heavy atom. The normalized spacial score (nSPS) is 11.6. The van der Waals surface area contributed by atoms with Crippen molar-refractivity contribution in [1.29, 1.82) is 0 Å².